The fourth-order valence-electron chi connectivity index (χ4n) is 3.13. The summed E-state index contributed by atoms with van der Waals surface area (Å²) in [6, 6.07) is 0. The first-order chi connectivity index (χ1) is 11.2. The number of likely N-dealkylation sites (tertiary alicyclic amines) is 1. The Labute approximate surface area is 140 Å². The average molecular weight is 350 g/mol. The maximum atomic E-state index is 12.3. The second-order valence-corrected chi connectivity index (χ2v) is 6.51. The van der Waals surface area contributed by atoms with Crippen molar-refractivity contribution in [3.63, 3.8) is 0 Å². The Kier molecular flexibility index (Phi) is 5.95. The Bertz CT molecular complexity index is 476. The number of hydrogen-bond donors (Lipinski definition) is 1. The van der Waals surface area contributed by atoms with Crippen LogP contribution in [0.4, 0.5) is 13.2 Å². The number of rotatable bonds is 4. The highest BCUT2D eigenvalue weighted by Crippen LogP contribution is 2.38. The van der Waals surface area contributed by atoms with E-state index in [2.05, 4.69) is 15.2 Å². The predicted molar refractivity (Wildman–Crippen MR) is 83.7 cm³/mol. The Hall–Kier alpha value is -1.51. The van der Waals surface area contributed by atoms with E-state index in [0.717, 1.165) is 46.2 Å². The fourth-order valence-corrected chi connectivity index (χ4v) is 3.13. The molecular weight excluding hydrogens is 325 g/mol. The van der Waals surface area contributed by atoms with E-state index in [1.807, 2.05) is 6.92 Å². The summed E-state index contributed by atoms with van der Waals surface area (Å²) >= 11 is 0. The van der Waals surface area contributed by atoms with Crippen LogP contribution >= 0.6 is 0 Å². The SMILES string of the molecule is CCNC(=NCC(=O)N(C)CC(F)(F)F)N1CCC2(CCOC2)C1. The zero-order valence-electron chi connectivity index (χ0n) is 14.2. The third kappa shape index (κ3) is 4.99. The molecule has 1 unspecified atom stereocenters. The number of nitrogens with one attached hydrogen (secondary N) is 1. The molecule has 1 atom stereocenters. The average Bonchev–Trinajstić information content (AvgIpc) is 3.12. The molecule has 138 valence electrons. The van der Waals surface area contributed by atoms with Crippen LogP contribution in [0.5, 0.6) is 0 Å². The lowest BCUT2D eigenvalue weighted by Gasteiger charge is -2.25. The summed E-state index contributed by atoms with van der Waals surface area (Å²) in [5.74, 6) is -0.0733. The minimum Gasteiger partial charge on any atom is -0.381 e. The predicted octanol–water partition coefficient (Wildman–Crippen LogP) is 1.08. The van der Waals surface area contributed by atoms with Gasteiger partial charge in [0.05, 0.1) is 6.61 Å². The summed E-state index contributed by atoms with van der Waals surface area (Å²) in [4.78, 5) is 18.8. The number of carbonyl (C=O) groups excluding carboxylic acids is 1. The molecule has 0 radical (unpaired) electrons. The van der Waals surface area contributed by atoms with Crippen molar-refractivity contribution in [1.82, 2.24) is 15.1 Å². The summed E-state index contributed by atoms with van der Waals surface area (Å²) in [7, 11) is 1.14. The largest absolute Gasteiger partial charge is 0.406 e. The van der Waals surface area contributed by atoms with Gasteiger partial charge in [-0.25, -0.2) is 4.99 Å². The molecule has 2 aliphatic rings. The maximum Gasteiger partial charge on any atom is 0.406 e. The smallest absolute Gasteiger partial charge is 0.381 e. The minimum atomic E-state index is -4.40. The Balaban J connectivity index is 1.94. The molecule has 0 saturated carbocycles. The number of halogens is 3. The van der Waals surface area contributed by atoms with Gasteiger partial charge in [-0.2, -0.15) is 13.2 Å². The van der Waals surface area contributed by atoms with Crippen LogP contribution in [0, 0.1) is 5.41 Å². The third-order valence-electron chi connectivity index (χ3n) is 4.46. The van der Waals surface area contributed by atoms with Crippen LogP contribution in [0.25, 0.3) is 0 Å². The Morgan fingerprint density at radius 3 is 2.75 bits per heavy atom. The number of ether oxygens (including phenoxy) is 1. The van der Waals surface area contributed by atoms with Crippen molar-refractivity contribution in [3.05, 3.63) is 0 Å². The van der Waals surface area contributed by atoms with Crippen LogP contribution in [-0.4, -0.2) is 80.8 Å². The van der Waals surface area contributed by atoms with Crippen molar-refractivity contribution in [1.29, 1.82) is 0 Å². The normalized spacial score (nSPS) is 24.7. The van der Waals surface area contributed by atoms with E-state index in [9.17, 15) is 18.0 Å². The number of likely N-dealkylation sites (N-methyl/N-ethyl adjacent to an activating group) is 1. The van der Waals surface area contributed by atoms with Gasteiger partial charge in [0.15, 0.2) is 5.96 Å². The zero-order valence-corrected chi connectivity index (χ0v) is 14.2. The number of nitrogens with zero attached hydrogens (tertiary/aromatic N) is 3. The van der Waals surface area contributed by atoms with Crippen LogP contribution in [0.3, 0.4) is 0 Å². The monoisotopic (exact) mass is 350 g/mol. The first kappa shape index (κ1) is 18.8. The lowest BCUT2D eigenvalue weighted by Crippen LogP contribution is -2.43. The summed E-state index contributed by atoms with van der Waals surface area (Å²) < 4.78 is 42.5. The van der Waals surface area contributed by atoms with Gasteiger partial charge in [-0.05, 0) is 19.8 Å². The van der Waals surface area contributed by atoms with E-state index in [1.54, 1.807) is 0 Å². The lowest BCUT2D eigenvalue weighted by molar-refractivity contribution is -0.157. The first-order valence-corrected chi connectivity index (χ1v) is 8.16. The van der Waals surface area contributed by atoms with Gasteiger partial charge in [0, 0.05) is 38.7 Å². The molecule has 1 spiro atoms. The lowest BCUT2D eigenvalue weighted by atomic mass is 9.87. The topological polar surface area (TPSA) is 57.2 Å². The molecule has 0 aromatic carbocycles. The van der Waals surface area contributed by atoms with Gasteiger partial charge in [-0.3, -0.25) is 4.79 Å². The van der Waals surface area contributed by atoms with Crippen LogP contribution < -0.4 is 5.32 Å². The first-order valence-electron chi connectivity index (χ1n) is 8.16. The number of amides is 1. The molecule has 1 amide bonds. The quantitative estimate of drug-likeness (QED) is 0.609. The van der Waals surface area contributed by atoms with E-state index in [0.29, 0.717) is 17.4 Å². The molecule has 24 heavy (non-hydrogen) atoms. The number of guanidine groups is 1. The molecular formula is C15H25F3N4O2. The van der Waals surface area contributed by atoms with Crippen molar-refractivity contribution in [2.45, 2.75) is 25.9 Å². The maximum absolute atomic E-state index is 12.3. The van der Waals surface area contributed by atoms with Gasteiger partial charge >= 0.3 is 6.18 Å². The molecule has 6 nitrogen and oxygen atoms in total. The molecule has 9 heteroatoms. The van der Waals surface area contributed by atoms with Gasteiger partial charge in [0.25, 0.3) is 0 Å². The van der Waals surface area contributed by atoms with E-state index in [4.69, 9.17) is 4.74 Å². The van der Waals surface area contributed by atoms with Crippen LogP contribution in [-0.2, 0) is 9.53 Å². The molecule has 2 heterocycles. The van der Waals surface area contributed by atoms with Crippen molar-refractivity contribution in [3.8, 4) is 0 Å². The highest BCUT2D eigenvalue weighted by atomic mass is 19.4. The second kappa shape index (κ2) is 7.58. The van der Waals surface area contributed by atoms with Gasteiger partial charge in [-0.15, -0.1) is 0 Å². The van der Waals surface area contributed by atoms with E-state index < -0.39 is 18.6 Å². The summed E-state index contributed by atoms with van der Waals surface area (Å²) in [5.41, 5.74) is 0.146. The third-order valence-corrected chi connectivity index (χ3v) is 4.46. The number of alkyl halides is 3. The highest BCUT2D eigenvalue weighted by molar-refractivity contribution is 5.85. The van der Waals surface area contributed by atoms with Crippen molar-refractivity contribution in [2.24, 2.45) is 10.4 Å². The summed E-state index contributed by atoms with van der Waals surface area (Å²) in [5, 5.41) is 3.12. The second-order valence-electron chi connectivity index (χ2n) is 6.51. The molecule has 2 fully saturated rings. The molecule has 0 aromatic heterocycles. The van der Waals surface area contributed by atoms with Gasteiger partial charge < -0.3 is 19.9 Å². The Morgan fingerprint density at radius 1 is 1.42 bits per heavy atom. The van der Waals surface area contributed by atoms with E-state index >= 15 is 0 Å². The Morgan fingerprint density at radius 2 is 2.17 bits per heavy atom. The number of carbonyl (C=O) groups is 1. The number of aliphatic imine (C=N–C) groups is 1. The molecule has 2 rings (SSSR count). The molecule has 2 saturated heterocycles. The standard InChI is InChI=1S/C15H25F3N4O2/c1-3-19-13(20-8-12(23)21(2)10-15(16,17)18)22-6-4-14(9-22)5-7-24-11-14/h3-11H2,1-2H3,(H,19,20). The molecule has 0 bridgehead atoms. The van der Waals surface area contributed by atoms with Crippen LogP contribution in [0.1, 0.15) is 19.8 Å². The van der Waals surface area contributed by atoms with Gasteiger partial charge in [0.1, 0.15) is 13.1 Å². The molecule has 0 aromatic rings. The van der Waals surface area contributed by atoms with Crippen molar-refractivity contribution in [2.75, 3.05) is 53.0 Å². The molecule has 1 N–H and O–H groups in total. The van der Waals surface area contributed by atoms with E-state index in [-0.39, 0.29) is 12.0 Å². The molecule has 0 aliphatic carbocycles. The van der Waals surface area contributed by atoms with Crippen LogP contribution in [0.15, 0.2) is 4.99 Å². The number of hydrogen-bond acceptors (Lipinski definition) is 3. The molecule has 2 aliphatic heterocycles. The zero-order chi connectivity index (χ0) is 17.8. The van der Waals surface area contributed by atoms with E-state index in [1.165, 1.54) is 0 Å². The summed E-state index contributed by atoms with van der Waals surface area (Å²) in [6.45, 7) is 4.09. The van der Waals surface area contributed by atoms with Gasteiger partial charge in [-0.1, -0.05) is 0 Å². The van der Waals surface area contributed by atoms with Crippen molar-refractivity contribution < 1.29 is 22.7 Å². The minimum absolute atomic E-state index is 0.146. The van der Waals surface area contributed by atoms with Crippen LogP contribution in [0.2, 0.25) is 0 Å². The fraction of sp³-hybridized carbons (Fsp3) is 0.867. The summed E-state index contributed by atoms with van der Waals surface area (Å²) in [6.07, 6.45) is -2.39. The van der Waals surface area contributed by atoms with Gasteiger partial charge in [0.2, 0.25) is 5.91 Å². The van der Waals surface area contributed by atoms with Crippen molar-refractivity contribution >= 4 is 11.9 Å². The highest BCUT2D eigenvalue weighted by Gasteiger charge is 2.42.